The molecule has 50 heavy (non-hydrogen) atoms. The lowest BCUT2D eigenvalue weighted by molar-refractivity contribution is -0.137. The van der Waals surface area contributed by atoms with Gasteiger partial charge in [0.1, 0.15) is 23.7 Å². The van der Waals surface area contributed by atoms with Crippen molar-refractivity contribution >= 4 is 45.7 Å². The van der Waals surface area contributed by atoms with Crippen molar-refractivity contribution in [2.75, 3.05) is 13.1 Å². The molecule has 2 fully saturated rings. The number of amides is 4. The number of hydrogen-bond acceptors (Lipinski definition) is 6. The Morgan fingerprint density at radius 1 is 0.740 bits per heavy atom. The summed E-state index contributed by atoms with van der Waals surface area (Å²) in [6.45, 7) is 8.16. The van der Waals surface area contributed by atoms with Crippen LogP contribution in [0, 0.1) is 11.8 Å². The summed E-state index contributed by atoms with van der Waals surface area (Å²) in [7, 11) is 0. The maximum Gasteiger partial charge on any atom is 0.245 e. The van der Waals surface area contributed by atoms with Gasteiger partial charge in [0.15, 0.2) is 0 Å². The van der Waals surface area contributed by atoms with Gasteiger partial charge in [-0.2, -0.15) is 0 Å². The lowest BCUT2D eigenvalue weighted by Gasteiger charge is -2.28. The van der Waals surface area contributed by atoms with Gasteiger partial charge in [0.2, 0.25) is 23.6 Å². The van der Waals surface area contributed by atoms with Gasteiger partial charge in [-0.25, -0.2) is 9.97 Å². The summed E-state index contributed by atoms with van der Waals surface area (Å²) in [5, 5.41) is 5.65. The molecule has 4 heterocycles. The molecule has 2 aromatic carbocycles. The molecular formula is C38H46N8O4. The van der Waals surface area contributed by atoms with Crippen LogP contribution in [0.4, 0.5) is 0 Å². The van der Waals surface area contributed by atoms with E-state index in [9.17, 15) is 19.2 Å². The van der Waals surface area contributed by atoms with Crippen molar-refractivity contribution < 1.29 is 19.2 Å². The molecular weight excluding hydrogens is 632 g/mol. The van der Waals surface area contributed by atoms with Crippen LogP contribution in [0.3, 0.4) is 0 Å². The number of aromatic nitrogens is 4. The van der Waals surface area contributed by atoms with E-state index in [-0.39, 0.29) is 35.7 Å². The maximum absolute atomic E-state index is 13.4. The third kappa shape index (κ3) is 7.52. The zero-order chi connectivity index (χ0) is 35.4. The number of hydrogen-bond donors (Lipinski definition) is 4. The highest BCUT2D eigenvalue weighted by Gasteiger charge is 2.37. The molecule has 2 saturated heterocycles. The predicted octanol–water partition coefficient (Wildman–Crippen LogP) is 4.78. The van der Waals surface area contributed by atoms with E-state index < -0.39 is 12.1 Å². The van der Waals surface area contributed by atoms with E-state index in [2.05, 4.69) is 32.4 Å². The van der Waals surface area contributed by atoms with Gasteiger partial charge < -0.3 is 30.4 Å². The van der Waals surface area contributed by atoms with Crippen LogP contribution in [-0.4, -0.2) is 78.5 Å². The molecule has 0 saturated carbocycles. The predicted molar refractivity (Wildman–Crippen MR) is 191 cm³/mol. The van der Waals surface area contributed by atoms with Crippen molar-refractivity contribution in [3.05, 3.63) is 59.2 Å². The molecule has 2 aliphatic rings. The quantitative estimate of drug-likeness (QED) is 0.177. The van der Waals surface area contributed by atoms with Gasteiger partial charge in [-0.15, -0.1) is 0 Å². The number of nitrogens with zero attached hydrogens (tertiary/aromatic N) is 4. The molecule has 262 valence electrons. The zero-order valence-corrected chi connectivity index (χ0v) is 29.3. The Morgan fingerprint density at radius 3 is 1.54 bits per heavy atom. The van der Waals surface area contributed by atoms with E-state index >= 15 is 0 Å². The van der Waals surface area contributed by atoms with Gasteiger partial charge in [-0.05, 0) is 74.9 Å². The number of nitrogens with one attached hydrogen (secondary N) is 4. The molecule has 4 amide bonds. The number of likely N-dealkylation sites (tertiary alicyclic amines) is 2. The number of benzene rings is 2. The fraction of sp³-hybridized carbons (Fsp3) is 0.474. The summed E-state index contributed by atoms with van der Waals surface area (Å²) in [6.07, 6.45) is 6.15. The number of H-pyrrole nitrogens is 2. The monoisotopic (exact) mass is 678 g/mol. The highest BCUT2D eigenvalue weighted by atomic mass is 16.2. The molecule has 0 spiro atoms. The van der Waals surface area contributed by atoms with Gasteiger partial charge in [0.05, 0.1) is 34.2 Å². The Labute approximate surface area is 292 Å². The fourth-order valence-electron chi connectivity index (χ4n) is 7.29. The first-order valence-corrected chi connectivity index (χ1v) is 17.8. The normalized spacial score (nSPS) is 18.6. The Morgan fingerprint density at radius 2 is 1.16 bits per heavy atom. The summed E-state index contributed by atoms with van der Waals surface area (Å²) < 4.78 is 0. The maximum atomic E-state index is 13.4. The first kappa shape index (κ1) is 34.7. The van der Waals surface area contributed by atoms with Crippen LogP contribution in [0.25, 0.3) is 22.1 Å². The number of aromatic amines is 2. The van der Waals surface area contributed by atoms with Crippen molar-refractivity contribution in [1.82, 2.24) is 40.4 Å². The molecule has 2 aliphatic heterocycles. The third-order valence-corrected chi connectivity index (χ3v) is 9.56. The number of carbonyl (C=O) groups excluding carboxylic acids is 4. The molecule has 4 atom stereocenters. The average molecular weight is 679 g/mol. The van der Waals surface area contributed by atoms with E-state index in [1.54, 1.807) is 0 Å². The second kappa shape index (κ2) is 15.2. The number of rotatable bonds is 10. The molecule has 0 unspecified atom stereocenters. The van der Waals surface area contributed by atoms with Crippen molar-refractivity contribution in [2.24, 2.45) is 0 Å². The van der Waals surface area contributed by atoms with Crippen molar-refractivity contribution in [1.29, 1.82) is 0 Å². The molecule has 12 heteroatoms. The molecule has 2 aromatic heterocycles. The van der Waals surface area contributed by atoms with Crippen LogP contribution < -0.4 is 10.6 Å². The van der Waals surface area contributed by atoms with Crippen LogP contribution in [-0.2, 0) is 19.2 Å². The second-order valence-electron chi connectivity index (χ2n) is 13.4. The van der Waals surface area contributed by atoms with Gasteiger partial charge in [0.25, 0.3) is 0 Å². The molecule has 4 aromatic rings. The minimum atomic E-state index is -0.530. The highest BCUT2D eigenvalue weighted by molar-refractivity contribution is 5.88. The Bertz CT molecular complexity index is 1830. The summed E-state index contributed by atoms with van der Waals surface area (Å²) >= 11 is 0. The SMILES string of the molecule is CCC[C@H](NC(C)=O)C(=O)N1CCC[C@H]1c1nc2ccc(C#Cc3ccc4nc([C@@H]5CCCN5C(=O)[C@H](CCC)NC(C)=O)[nH]c4c3)cc2[nH]1. The average Bonchev–Trinajstić information content (AvgIpc) is 3.90. The van der Waals surface area contributed by atoms with Crippen LogP contribution in [0.5, 0.6) is 0 Å². The second-order valence-corrected chi connectivity index (χ2v) is 13.4. The van der Waals surface area contributed by atoms with Crippen molar-refractivity contribution in [3.63, 3.8) is 0 Å². The number of imidazole rings is 2. The Balaban J connectivity index is 1.17. The van der Waals surface area contributed by atoms with Crippen LogP contribution >= 0.6 is 0 Å². The van der Waals surface area contributed by atoms with E-state index in [0.717, 1.165) is 83.4 Å². The lowest BCUT2D eigenvalue weighted by atomic mass is 10.1. The van der Waals surface area contributed by atoms with Gasteiger partial charge >= 0.3 is 0 Å². The van der Waals surface area contributed by atoms with Crippen molar-refractivity contribution in [3.8, 4) is 11.8 Å². The van der Waals surface area contributed by atoms with Gasteiger partial charge in [-0.3, -0.25) is 19.2 Å². The third-order valence-electron chi connectivity index (χ3n) is 9.56. The summed E-state index contributed by atoms with van der Waals surface area (Å²) in [5.41, 5.74) is 4.96. The minimum Gasteiger partial charge on any atom is -0.345 e. The summed E-state index contributed by atoms with van der Waals surface area (Å²) in [6, 6.07) is 10.3. The largest absolute Gasteiger partial charge is 0.345 e. The topological polar surface area (TPSA) is 156 Å². The van der Waals surface area contributed by atoms with Gasteiger partial charge in [0, 0.05) is 38.1 Å². The molecule has 0 aliphatic carbocycles. The first-order valence-electron chi connectivity index (χ1n) is 17.8. The Hall–Kier alpha value is -5.18. The van der Waals surface area contributed by atoms with Crippen LogP contribution in [0.15, 0.2) is 36.4 Å². The molecule has 4 N–H and O–H groups in total. The first-order chi connectivity index (χ1) is 24.1. The van der Waals surface area contributed by atoms with Gasteiger partial charge in [-0.1, -0.05) is 38.5 Å². The lowest BCUT2D eigenvalue weighted by Crippen LogP contribution is -2.47. The van der Waals surface area contributed by atoms with E-state index in [1.165, 1.54) is 13.8 Å². The standard InChI is InChI=1S/C38H46N8O4/c1-5-9-29(39-23(3)47)37(49)45-19-7-11-33(45)35-41-27-17-15-25(21-31(27)43-35)13-14-26-16-18-28-32(22-26)44-36(42-28)34-12-8-20-46(34)38(50)30(10-6-2)40-24(4)48/h15-18,21-22,29-30,33-34H,5-12,19-20H2,1-4H3,(H,39,47)(H,40,48)(H,41,43)(H,42,44)/t29-,30-,33-,34-/m0/s1. The number of fused-ring (bicyclic) bond motifs is 2. The van der Waals surface area contributed by atoms with Crippen LogP contribution in [0.2, 0.25) is 0 Å². The van der Waals surface area contributed by atoms with E-state index in [1.807, 2.05) is 60.0 Å². The minimum absolute atomic E-state index is 0.0606. The van der Waals surface area contributed by atoms with Crippen LogP contribution in [0.1, 0.15) is 114 Å². The van der Waals surface area contributed by atoms with E-state index in [4.69, 9.17) is 9.97 Å². The molecule has 0 bridgehead atoms. The molecule has 0 radical (unpaired) electrons. The summed E-state index contributed by atoms with van der Waals surface area (Å²) in [4.78, 5) is 70.6. The van der Waals surface area contributed by atoms with E-state index in [0.29, 0.717) is 25.9 Å². The zero-order valence-electron chi connectivity index (χ0n) is 29.3. The highest BCUT2D eigenvalue weighted by Crippen LogP contribution is 2.34. The van der Waals surface area contributed by atoms with Crippen molar-refractivity contribution in [2.45, 2.75) is 103 Å². The molecule has 12 nitrogen and oxygen atoms in total. The summed E-state index contributed by atoms with van der Waals surface area (Å²) in [5.74, 6) is 7.50. The fourth-order valence-corrected chi connectivity index (χ4v) is 7.29. The molecule has 6 rings (SSSR count). The smallest absolute Gasteiger partial charge is 0.245 e. The Kier molecular flexibility index (Phi) is 10.5. The number of carbonyl (C=O) groups is 4.